The normalized spacial score (nSPS) is 41.5. The maximum atomic E-state index is 3.60. The van der Waals surface area contributed by atoms with Crippen LogP contribution in [0.3, 0.4) is 0 Å². The Balaban J connectivity index is 2.18. The lowest BCUT2D eigenvalue weighted by atomic mass is 9.61. The minimum absolute atomic E-state index is 0.604. The van der Waals surface area contributed by atoms with Crippen LogP contribution in [0.15, 0.2) is 10.6 Å². The van der Waals surface area contributed by atoms with Crippen LogP contribution in [0.4, 0.5) is 0 Å². The summed E-state index contributed by atoms with van der Waals surface area (Å²) in [4.78, 5) is 2.24. The minimum atomic E-state index is 0.604. The van der Waals surface area contributed by atoms with Crippen molar-refractivity contribution < 1.29 is 0 Å². The van der Waals surface area contributed by atoms with Crippen molar-refractivity contribution in [3.8, 4) is 0 Å². The maximum absolute atomic E-state index is 3.60. The summed E-state index contributed by atoms with van der Waals surface area (Å²) in [6.45, 7) is 7.40. The van der Waals surface area contributed by atoms with Crippen molar-refractivity contribution >= 4 is 15.9 Å². The van der Waals surface area contributed by atoms with Gasteiger partial charge in [-0.25, -0.2) is 0 Å². The monoisotopic (exact) mass is 298 g/mol. The Bertz CT molecular complexity index is 294. The lowest BCUT2D eigenvalue weighted by Gasteiger charge is -2.44. The first-order valence-corrected chi connectivity index (χ1v) is 8.34. The number of hydrogen-bond donors (Lipinski definition) is 0. The fraction of sp³-hybridized carbons (Fsp3) is 0.875. The molecule has 98 valence electrons. The number of halogens is 1. The molecule has 0 N–H and O–H groups in total. The first kappa shape index (κ1) is 13.6. The van der Waals surface area contributed by atoms with Crippen LogP contribution >= 0.6 is 15.9 Å². The summed E-state index contributed by atoms with van der Waals surface area (Å²) in [5.74, 6) is 2.76. The fourth-order valence-electron chi connectivity index (χ4n) is 4.80. The average Bonchev–Trinajstić information content (AvgIpc) is 2.66. The molecule has 0 aromatic rings. The molecule has 2 aliphatic rings. The predicted molar refractivity (Wildman–Crippen MR) is 79.3 cm³/mol. The van der Waals surface area contributed by atoms with Gasteiger partial charge in [-0.3, -0.25) is 0 Å². The molecule has 17 heavy (non-hydrogen) atoms. The van der Waals surface area contributed by atoms with Gasteiger partial charge in [0, 0.05) is 0 Å². The van der Waals surface area contributed by atoms with Gasteiger partial charge < -0.3 is 0 Å². The number of rotatable bonds is 3. The zero-order valence-electron chi connectivity index (χ0n) is 11.6. The van der Waals surface area contributed by atoms with Crippen molar-refractivity contribution in [2.24, 2.45) is 23.2 Å². The van der Waals surface area contributed by atoms with E-state index in [4.69, 9.17) is 0 Å². The van der Waals surface area contributed by atoms with Crippen molar-refractivity contribution in [1.29, 1.82) is 0 Å². The molecule has 0 aromatic carbocycles. The zero-order valence-corrected chi connectivity index (χ0v) is 13.2. The van der Waals surface area contributed by atoms with E-state index in [0.717, 1.165) is 17.8 Å². The third kappa shape index (κ3) is 2.37. The van der Waals surface area contributed by atoms with Crippen LogP contribution in [0.1, 0.15) is 65.7 Å². The Hall–Kier alpha value is 0.220. The van der Waals surface area contributed by atoms with Crippen molar-refractivity contribution in [3.05, 3.63) is 10.6 Å². The van der Waals surface area contributed by atoms with E-state index >= 15 is 0 Å². The van der Waals surface area contributed by atoms with Crippen LogP contribution in [-0.2, 0) is 0 Å². The number of fused-ring (bicyclic) bond motifs is 1. The highest BCUT2D eigenvalue weighted by Gasteiger charge is 2.50. The third-order valence-electron chi connectivity index (χ3n) is 5.61. The van der Waals surface area contributed by atoms with E-state index in [0.29, 0.717) is 5.41 Å². The maximum Gasteiger partial charge on any atom is -0.0138 e. The standard InChI is InChI=1S/C16H27Br/c1-4-6-12(2)14-8-9-15-13(11-17)7-5-10-16(14,15)3/h11-12,14-15H,4-10H2,1-3H3/b13-11+/t12?,14-,15+,16-/m1/s1. The molecule has 0 heterocycles. The van der Waals surface area contributed by atoms with Gasteiger partial charge in [0.1, 0.15) is 0 Å². The Labute approximate surface area is 115 Å². The molecule has 2 saturated carbocycles. The molecule has 0 radical (unpaired) electrons. The summed E-state index contributed by atoms with van der Waals surface area (Å²) < 4.78 is 0. The molecule has 0 saturated heterocycles. The Morgan fingerprint density at radius 3 is 2.88 bits per heavy atom. The van der Waals surface area contributed by atoms with Crippen LogP contribution in [0.2, 0.25) is 0 Å². The van der Waals surface area contributed by atoms with E-state index in [-0.39, 0.29) is 0 Å². The third-order valence-corrected chi connectivity index (χ3v) is 6.20. The molecule has 0 aliphatic heterocycles. The zero-order chi connectivity index (χ0) is 12.5. The predicted octanol–water partition coefficient (Wildman–Crippen LogP) is 5.92. The molecule has 0 amide bonds. The van der Waals surface area contributed by atoms with Crippen molar-refractivity contribution in [2.75, 3.05) is 0 Å². The molecule has 2 aliphatic carbocycles. The molecule has 1 heteroatoms. The number of hydrogen-bond acceptors (Lipinski definition) is 0. The number of allylic oxidation sites excluding steroid dienone is 1. The van der Waals surface area contributed by atoms with E-state index in [2.05, 4.69) is 41.7 Å². The molecule has 0 nitrogen and oxygen atoms in total. The van der Waals surface area contributed by atoms with E-state index < -0.39 is 0 Å². The van der Waals surface area contributed by atoms with Crippen LogP contribution in [0.5, 0.6) is 0 Å². The van der Waals surface area contributed by atoms with Gasteiger partial charge >= 0.3 is 0 Å². The van der Waals surface area contributed by atoms with E-state index in [1.54, 1.807) is 5.57 Å². The first-order valence-electron chi connectivity index (χ1n) is 7.42. The smallest absolute Gasteiger partial charge is 0.0138 e. The van der Waals surface area contributed by atoms with Crippen molar-refractivity contribution in [3.63, 3.8) is 0 Å². The average molecular weight is 299 g/mol. The molecule has 2 fully saturated rings. The summed E-state index contributed by atoms with van der Waals surface area (Å²) >= 11 is 3.60. The molecule has 1 unspecified atom stereocenters. The van der Waals surface area contributed by atoms with Gasteiger partial charge in [0.25, 0.3) is 0 Å². The molecular formula is C16H27Br. The molecular weight excluding hydrogens is 272 g/mol. The van der Waals surface area contributed by atoms with Gasteiger partial charge in [-0.15, -0.1) is 0 Å². The molecule has 2 rings (SSSR count). The second-order valence-electron chi connectivity index (χ2n) is 6.55. The highest BCUT2D eigenvalue weighted by Crippen LogP contribution is 2.59. The van der Waals surface area contributed by atoms with Crippen LogP contribution in [0.25, 0.3) is 0 Å². The second kappa shape index (κ2) is 5.47. The quantitative estimate of drug-likeness (QED) is 0.607. The highest BCUT2D eigenvalue weighted by atomic mass is 79.9. The first-order chi connectivity index (χ1) is 8.13. The van der Waals surface area contributed by atoms with Gasteiger partial charge in [0.05, 0.1) is 0 Å². The fourth-order valence-corrected chi connectivity index (χ4v) is 5.35. The van der Waals surface area contributed by atoms with Crippen molar-refractivity contribution in [1.82, 2.24) is 0 Å². The summed E-state index contributed by atoms with van der Waals surface area (Å²) in [6, 6.07) is 0. The van der Waals surface area contributed by atoms with E-state index in [9.17, 15) is 0 Å². The Morgan fingerprint density at radius 2 is 2.24 bits per heavy atom. The summed E-state index contributed by atoms with van der Waals surface area (Å²) in [5.41, 5.74) is 2.30. The Kier molecular flexibility index (Phi) is 4.39. The van der Waals surface area contributed by atoms with Gasteiger partial charge in [0.15, 0.2) is 0 Å². The van der Waals surface area contributed by atoms with Gasteiger partial charge in [-0.05, 0) is 60.3 Å². The molecule has 4 atom stereocenters. The second-order valence-corrected chi connectivity index (χ2v) is 7.00. The molecule has 0 spiro atoms. The van der Waals surface area contributed by atoms with Crippen molar-refractivity contribution in [2.45, 2.75) is 65.7 Å². The van der Waals surface area contributed by atoms with Gasteiger partial charge in [-0.2, -0.15) is 0 Å². The lowest BCUT2D eigenvalue weighted by molar-refractivity contribution is 0.0942. The van der Waals surface area contributed by atoms with Crippen LogP contribution in [0, 0.1) is 23.2 Å². The minimum Gasteiger partial charge on any atom is -0.0654 e. The highest BCUT2D eigenvalue weighted by molar-refractivity contribution is 9.11. The summed E-state index contributed by atoms with van der Waals surface area (Å²) in [6.07, 6.45) is 9.86. The van der Waals surface area contributed by atoms with Crippen LogP contribution in [-0.4, -0.2) is 0 Å². The van der Waals surface area contributed by atoms with E-state index in [1.165, 1.54) is 44.9 Å². The SMILES string of the molecule is CCCC(C)[C@H]1CC[C@H]2/C(=C/Br)CCC[C@]12C. The topological polar surface area (TPSA) is 0 Å². The summed E-state index contributed by atoms with van der Waals surface area (Å²) in [7, 11) is 0. The molecule has 0 bridgehead atoms. The lowest BCUT2D eigenvalue weighted by Crippen LogP contribution is -2.35. The largest absolute Gasteiger partial charge is 0.0654 e. The Morgan fingerprint density at radius 1 is 1.47 bits per heavy atom. The van der Waals surface area contributed by atoms with Gasteiger partial charge in [-0.1, -0.05) is 55.1 Å². The van der Waals surface area contributed by atoms with E-state index in [1.807, 2.05) is 0 Å². The van der Waals surface area contributed by atoms with Gasteiger partial charge in [0.2, 0.25) is 0 Å². The summed E-state index contributed by atoms with van der Waals surface area (Å²) in [5, 5.41) is 0. The van der Waals surface area contributed by atoms with Crippen LogP contribution < -0.4 is 0 Å². The molecule has 0 aromatic heterocycles.